The summed E-state index contributed by atoms with van der Waals surface area (Å²) >= 11 is 6.08. The van der Waals surface area contributed by atoms with Crippen LogP contribution in [0.15, 0.2) is 43.0 Å². The lowest BCUT2D eigenvalue weighted by Crippen LogP contribution is -2.50. The van der Waals surface area contributed by atoms with Crippen LogP contribution in [0.2, 0.25) is 5.02 Å². The van der Waals surface area contributed by atoms with Crippen molar-refractivity contribution >= 4 is 11.6 Å². The van der Waals surface area contributed by atoms with Crippen LogP contribution in [0.25, 0.3) is 0 Å². The van der Waals surface area contributed by atoms with E-state index in [1.54, 1.807) is 12.5 Å². The second-order valence-electron chi connectivity index (χ2n) is 7.02. The Balaban J connectivity index is 1.72. The summed E-state index contributed by atoms with van der Waals surface area (Å²) in [6.07, 6.45) is 7.15. The molecule has 5 heteroatoms. The summed E-state index contributed by atoms with van der Waals surface area (Å²) in [5.74, 6) is -0.613. The highest BCUT2D eigenvalue weighted by molar-refractivity contribution is 6.30. The monoisotopic (exact) mass is 334 g/mol. The number of halogens is 1. The van der Waals surface area contributed by atoms with Crippen molar-refractivity contribution in [1.29, 1.82) is 0 Å². The molecule has 1 fully saturated rings. The maximum Gasteiger partial charge on any atom is 0.186 e. The first-order chi connectivity index (χ1) is 11.0. The van der Waals surface area contributed by atoms with Gasteiger partial charge in [-0.2, -0.15) is 0 Å². The molecule has 0 spiro atoms. The van der Waals surface area contributed by atoms with E-state index in [4.69, 9.17) is 21.1 Å². The lowest BCUT2D eigenvalue weighted by atomic mass is 9.93. The average molecular weight is 335 g/mol. The molecule has 0 saturated carbocycles. The van der Waals surface area contributed by atoms with E-state index in [0.717, 1.165) is 17.9 Å². The van der Waals surface area contributed by atoms with Gasteiger partial charge in [0.05, 0.1) is 26.1 Å². The Bertz CT molecular complexity index is 630. The maximum absolute atomic E-state index is 6.20. The van der Waals surface area contributed by atoms with Gasteiger partial charge >= 0.3 is 0 Å². The Labute approximate surface area is 142 Å². The average Bonchev–Trinajstić information content (AvgIpc) is 3.01. The van der Waals surface area contributed by atoms with Crippen LogP contribution in [0.1, 0.15) is 25.8 Å². The molecular weight excluding hydrogens is 312 g/mol. The van der Waals surface area contributed by atoms with Crippen molar-refractivity contribution in [2.24, 2.45) is 5.41 Å². The number of nitrogens with zero attached hydrogens (tertiary/aromatic N) is 2. The van der Waals surface area contributed by atoms with Gasteiger partial charge in [-0.3, -0.25) is 0 Å². The van der Waals surface area contributed by atoms with Crippen molar-refractivity contribution in [1.82, 2.24) is 9.55 Å². The lowest BCUT2D eigenvalue weighted by Gasteiger charge is -2.43. The van der Waals surface area contributed by atoms with Gasteiger partial charge in [-0.1, -0.05) is 37.6 Å². The topological polar surface area (TPSA) is 36.3 Å². The number of hydrogen-bond donors (Lipinski definition) is 0. The molecule has 2 aromatic rings. The largest absolute Gasteiger partial charge is 0.348 e. The minimum absolute atomic E-state index is 0.0501. The van der Waals surface area contributed by atoms with E-state index in [9.17, 15) is 0 Å². The van der Waals surface area contributed by atoms with E-state index < -0.39 is 5.79 Å². The van der Waals surface area contributed by atoms with Gasteiger partial charge in [-0.05, 0) is 24.1 Å². The molecule has 4 nitrogen and oxygen atoms in total. The van der Waals surface area contributed by atoms with Gasteiger partial charge in [0.25, 0.3) is 0 Å². The number of hydrogen-bond acceptors (Lipinski definition) is 3. The Kier molecular flexibility index (Phi) is 4.76. The summed E-state index contributed by atoms with van der Waals surface area (Å²) < 4.78 is 14.4. The number of ether oxygens (including phenoxy) is 2. The van der Waals surface area contributed by atoms with E-state index in [0.29, 0.717) is 19.8 Å². The van der Waals surface area contributed by atoms with E-state index in [1.807, 2.05) is 29.0 Å². The van der Waals surface area contributed by atoms with E-state index in [1.165, 1.54) is 5.56 Å². The normalized spacial score (nSPS) is 19.6. The number of aryl methyl sites for hydroxylation is 1. The van der Waals surface area contributed by atoms with Crippen LogP contribution in [0, 0.1) is 5.41 Å². The summed E-state index contributed by atoms with van der Waals surface area (Å²) in [5, 5.41) is 0.762. The summed E-state index contributed by atoms with van der Waals surface area (Å²) in [7, 11) is 0. The first kappa shape index (κ1) is 16.5. The van der Waals surface area contributed by atoms with Crippen LogP contribution >= 0.6 is 11.6 Å². The highest BCUT2D eigenvalue weighted by Gasteiger charge is 2.40. The zero-order valence-electron chi connectivity index (χ0n) is 13.7. The molecule has 0 amide bonds. The highest BCUT2D eigenvalue weighted by atomic mass is 35.5. The van der Waals surface area contributed by atoms with E-state index in [-0.39, 0.29) is 5.41 Å². The van der Waals surface area contributed by atoms with Gasteiger partial charge in [0, 0.05) is 29.3 Å². The second-order valence-corrected chi connectivity index (χ2v) is 7.45. The van der Waals surface area contributed by atoms with Crippen molar-refractivity contribution in [3.05, 3.63) is 53.6 Å². The smallest absolute Gasteiger partial charge is 0.186 e. The first-order valence-electron chi connectivity index (χ1n) is 7.95. The van der Waals surface area contributed by atoms with Crippen molar-refractivity contribution in [3.63, 3.8) is 0 Å². The second kappa shape index (κ2) is 6.63. The van der Waals surface area contributed by atoms with Gasteiger partial charge in [-0.15, -0.1) is 0 Å². The Morgan fingerprint density at radius 2 is 2.04 bits per heavy atom. The van der Waals surface area contributed by atoms with Gasteiger partial charge in [0.1, 0.15) is 0 Å². The molecule has 2 heterocycles. The van der Waals surface area contributed by atoms with Gasteiger partial charge in [0.2, 0.25) is 0 Å². The third-order valence-electron chi connectivity index (χ3n) is 4.12. The zero-order valence-corrected chi connectivity index (χ0v) is 14.4. The van der Waals surface area contributed by atoms with Crippen molar-refractivity contribution in [3.8, 4) is 0 Å². The Hall–Kier alpha value is -1.36. The molecule has 0 bridgehead atoms. The minimum Gasteiger partial charge on any atom is -0.348 e. The molecular formula is C18H23ClN2O2. The molecule has 1 aromatic heterocycles. The number of imidazole rings is 1. The molecule has 0 atom stereocenters. The maximum atomic E-state index is 6.20. The van der Waals surface area contributed by atoms with Gasteiger partial charge in [-0.25, -0.2) is 4.98 Å². The highest BCUT2D eigenvalue weighted by Crippen LogP contribution is 2.33. The molecule has 0 radical (unpaired) electrons. The van der Waals surface area contributed by atoms with Crippen LogP contribution in [0.5, 0.6) is 0 Å². The molecule has 0 aliphatic carbocycles. The quantitative estimate of drug-likeness (QED) is 0.831. The van der Waals surface area contributed by atoms with Gasteiger partial charge < -0.3 is 14.0 Å². The SMILES string of the molecule is CC1(C)COC(CCc2cccc(Cl)c2)(Cn2ccnc2)OC1. The van der Waals surface area contributed by atoms with Crippen LogP contribution < -0.4 is 0 Å². The zero-order chi connectivity index (χ0) is 16.3. The van der Waals surface area contributed by atoms with Crippen LogP contribution in [0.3, 0.4) is 0 Å². The van der Waals surface area contributed by atoms with Crippen LogP contribution in [0.4, 0.5) is 0 Å². The molecule has 1 aliphatic rings. The molecule has 1 aromatic carbocycles. The Morgan fingerprint density at radius 3 is 2.70 bits per heavy atom. The van der Waals surface area contributed by atoms with Crippen molar-refractivity contribution in [2.75, 3.05) is 13.2 Å². The van der Waals surface area contributed by atoms with Crippen LogP contribution in [-0.2, 0) is 22.4 Å². The fraction of sp³-hybridized carbons (Fsp3) is 0.500. The molecule has 124 valence electrons. The third kappa shape index (κ3) is 4.34. The minimum atomic E-state index is -0.613. The summed E-state index contributed by atoms with van der Waals surface area (Å²) in [6, 6.07) is 7.96. The fourth-order valence-electron chi connectivity index (χ4n) is 2.74. The Morgan fingerprint density at radius 1 is 1.26 bits per heavy atom. The van der Waals surface area contributed by atoms with E-state index >= 15 is 0 Å². The van der Waals surface area contributed by atoms with E-state index in [2.05, 4.69) is 24.9 Å². The summed E-state index contributed by atoms with van der Waals surface area (Å²) in [4.78, 5) is 4.11. The molecule has 3 rings (SSSR count). The van der Waals surface area contributed by atoms with Crippen LogP contribution in [-0.4, -0.2) is 28.6 Å². The first-order valence-corrected chi connectivity index (χ1v) is 8.32. The van der Waals surface area contributed by atoms with Crippen molar-refractivity contribution < 1.29 is 9.47 Å². The fourth-order valence-corrected chi connectivity index (χ4v) is 2.95. The molecule has 1 aliphatic heterocycles. The molecule has 0 unspecified atom stereocenters. The predicted octanol–water partition coefficient (Wildman–Crippen LogP) is 3.94. The standard InChI is InChI=1S/C18H23ClN2O2/c1-17(2)12-22-18(23-13-17,11-21-9-8-20-14-21)7-6-15-4-3-5-16(19)10-15/h3-5,8-10,14H,6-7,11-13H2,1-2H3. The molecule has 1 saturated heterocycles. The van der Waals surface area contributed by atoms with Crippen molar-refractivity contribution in [2.45, 2.75) is 39.0 Å². The van der Waals surface area contributed by atoms with Gasteiger partial charge in [0.15, 0.2) is 5.79 Å². The molecule has 0 N–H and O–H groups in total. The lowest BCUT2D eigenvalue weighted by molar-refractivity contribution is -0.307. The number of rotatable bonds is 5. The number of aromatic nitrogens is 2. The summed E-state index contributed by atoms with van der Waals surface area (Å²) in [6.45, 7) is 6.34. The summed E-state index contributed by atoms with van der Waals surface area (Å²) in [5.41, 5.74) is 1.24. The predicted molar refractivity (Wildman–Crippen MR) is 90.4 cm³/mol. The molecule has 23 heavy (non-hydrogen) atoms. The third-order valence-corrected chi connectivity index (χ3v) is 4.35. The number of benzene rings is 1.